The minimum atomic E-state index is -0.711. The van der Waals surface area contributed by atoms with Gasteiger partial charge >= 0.3 is 0 Å². The molecule has 1 N–H and O–H groups in total. The van der Waals surface area contributed by atoms with Crippen LogP contribution in [0, 0.1) is 5.82 Å². The number of piperazine rings is 1. The highest BCUT2D eigenvalue weighted by atomic mass is 19.1. The van der Waals surface area contributed by atoms with E-state index >= 15 is 0 Å². The van der Waals surface area contributed by atoms with Gasteiger partial charge in [-0.25, -0.2) is 4.39 Å². The molecule has 0 spiro atoms. The Kier molecular flexibility index (Phi) is 4.40. The summed E-state index contributed by atoms with van der Waals surface area (Å²) in [7, 11) is 1.47. The van der Waals surface area contributed by atoms with Gasteiger partial charge in [0.2, 0.25) is 0 Å². The number of rotatable bonds is 4. The molecule has 0 radical (unpaired) electrons. The molecule has 5 heteroatoms. The number of nitrogens with one attached hydrogen (secondary N) is 1. The number of nitrogens with zero attached hydrogens (tertiary/aromatic N) is 1. The maximum absolute atomic E-state index is 14.1. The van der Waals surface area contributed by atoms with Crippen LogP contribution < -0.4 is 10.1 Å². The molecule has 0 unspecified atom stereocenters. The number of halogens is 1. The second-order valence-electron chi connectivity index (χ2n) is 5.47. The number of carbonyl (C=O) groups excluding carboxylic acids is 1. The summed E-state index contributed by atoms with van der Waals surface area (Å²) in [6.45, 7) is 6.98. The van der Waals surface area contributed by atoms with Crippen molar-refractivity contribution >= 4 is 5.78 Å². The molecular weight excluding hydrogens is 259 g/mol. The summed E-state index contributed by atoms with van der Waals surface area (Å²) in [6, 6.07) is 4.37. The number of hydrogen-bond acceptors (Lipinski definition) is 4. The standard InChI is InChI=1S/C15H21FN2O2/c1-15(2,18-8-6-17-7-9-18)14(19)12-5-4-11(20-3)10-13(12)16/h4-5,10,17H,6-9H2,1-3H3. The van der Waals surface area contributed by atoms with Gasteiger partial charge in [0, 0.05) is 32.2 Å². The maximum atomic E-state index is 14.1. The van der Waals surface area contributed by atoms with Crippen molar-refractivity contribution in [1.82, 2.24) is 10.2 Å². The summed E-state index contributed by atoms with van der Waals surface area (Å²) in [5.74, 6) is -0.309. The Balaban J connectivity index is 2.25. The zero-order chi connectivity index (χ0) is 14.8. The molecule has 1 aromatic rings. The molecule has 1 heterocycles. The Morgan fingerprint density at radius 3 is 2.55 bits per heavy atom. The van der Waals surface area contributed by atoms with Crippen molar-refractivity contribution in [2.75, 3.05) is 33.3 Å². The highest BCUT2D eigenvalue weighted by Gasteiger charge is 2.36. The lowest BCUT2D eigenvalue weighted by atomic mass is 9.90. The minimum Gasteiger partial charge on any atom is -0.497 e. The van der Waals surface area contributed by atoms with E-state index in [1.807, 2.05) is 13.8 Å². The number of ether oxygens (including phenoxy) is 1. The molecule has 0 amide bonds. The molecule has 2 rings (SSSR count). The van der Waals surface area contributed by atoms with Gasteiger partial charge in [0.05, 0.1) is 18.2 Å². The van der Waals surface area contributed by atoms with Gasteiger partial charge in [0.1, 0.15) is 11.6 Å². The van der Waals surface area contributed by atoms with Crippen molar-refractivity contribution < 1.29 is 13.9 Å². The van der Waals surface area contributed by atoms with E-state index in [1.165, 1.54) is 19.2 Å². The van der Waals surface area contributed by atoms with Crippen LogP contribution >= 0.6 is 0 Å². The van der Waals surface area contributed by atoms with Crippen LogP contribution in [-0.4, -0.2) is 49.5 Å². The summed E-state index contributed by atoms with van der Waals surface area (Å²) < 4.78 is 19.0. The third-order valence-electron chi connectivity index (χ3n) is 3.88. The minimum absolute atomic E-state index is 0.120. The average Bonchev–Trinajstić information content (AvgIpc) is 2.47. The number of hydrogen-bond donors (Lipinski definition) is 1. The number of carbonyl (C=O) groups is 1. The van der Waals surface area contributed by atoms with E-state index in [-0.39, 0.29) is 11.3 Å². The van der Waals surface area contributed by atoms with Crippen LogP contribution in [0.2, 0.25) is 0 Å². The Bertz CT molecular complexity index is 497. The van der Waals surface area contributed by atoms with Crippen LogP contribution in [0.4, 0.5) is 4.39 Å². The predicted molar refractivity (Wildman–Crippen MR) is 75.8 cm³/mol. The van der Waals surface area contributed by atoms with Crippen LogP contribution in [0.25, 0.3) is 0 Å². The molecule has 0 atom stereocenters. The first-order valence-corrected chi connectivity index (χ1v) is 6.81. The van der Waals surface area contributed by atoms with Crippen LogP contribution in [0.3, 0.4) is 0 Å². The number of benzene rings is 1. The zero-order valence-corrected chi connectivity index (χ0v) is 12.2. The highest BCUT2D eigenvalue weighted by Crippen LogP contribution is 2.24. The zero-order valence-electron chi connectivity index (χ0n) is 12.2. The third kappa shape index (κ3) is 2.83. The van der Waals surface area contributed by atoms with Crippen molar-refractivity contribution in [3.63, 3.8) is 0 Å². The molecule has 4 nitrogen and oxygen atoms in total. The normalized spacial score (nSPS) is 17.0. The van der Waals surface area contributed by atoms with Gasteiger partial charge in [-0.15, -0.1) is 0 Å². The van der Waals surface area contributed by atoms with Gasteiger partial charge in [-0.1, -0.05) is 0 Å². The quantitative estimate of drug-likeness (QED) is 0.852. The van der Waals surface area contributed by atoms with Crippen LogP contribution in [-0.2, 0) is 0 Å². The van der Waals surface area contributed by atoms with Crippen LogP contribution in [0.15, 0.2) is 18.2 Å². The van der Waals surface area contributed by atoms with Gasteiger partial charge in [-0.05, 0) is 26.0 Å². The average molecular weight is 280 g/mol. The molecule has 1 aromatic carbocycles. The molecule has 0 aliphatic carbocycles. The Morgan fingerprint density at radius 1 is 1.35 bits per heavy atom. The molecule has 0 bridgehead atoms. The summed E-state index contributed by atoms with van der Waals surface area (Å²) in [6.07, 6.45) is 0. The van der Waals surface area contributed by atoms with E-state index in [4.69, 9.17) is 4.74 Å². The molecular formula is C15H21FN2O2. The van der Waals surface area contributed by atoms with Crippen molar-refractivity contribution in [3.05, 3.63) is 29.6 Å². The lowest BCUT2D eigenvalue weighted by molar-refractivity contribution is 0.0598. The monoisotopic (exact) mass is 280 g/mol. The summed E-state index contributed by atoms with van der Waals surface area (Å²) >= 11 is 0. The van der Waals surface area contributed by atoms with E-state index in [0.717, 1.165) is 26.2 Å². The lowest BCUT2D eigenvalue weighted by Gasteiger charge is -2.40. The van der Waals surface area contributed by atoms with Gasteiger partial charge in [0.15, 0.2) is 5.78 Å². The number of ketones is 1. The van der Waals surface area contributed by atoms with Crippen LogP contribution in [0.5, 0.6) is 5.75 Å². The molecule has 20 heavy (non-hydrogen) atoms. The molecule has 1 fully saturated rings. The molecule has 1 saturated heterocycles. The van der Waals surface area contributed by atoms with Crippen LogP contribution in [0.1, 0.15) is 24.2 Å². The molecule has 0 saturated carbocycles. The molecule has 1 aliphatic rings. The molecule has 0 aromatic heterocycles. The SMILES string of the molecule is COc1ccc(C(=O)C(C)(C)N2CCNCC2)c(F)c1. The first-order chi connectivity index (χ1) is 9.46. The van der Waals surface area contributed by atoms with E-state index in [0.29, 0.717) is 5.75 Å². The topological polar surface area (TPSA) is 41.6 Å². The highest BCUT2D eigenvalue weighted by molar-refractivity contribution is 6.03. The molecule has 110 valence electrons. The predicted octanol–water partition coefficient (Wildman–Crippen LogP) is 1.70. The Morgan fingerprint density at radius 2 is 2.00 bits per heavy atom. The summed E-state index contributed by atoms with van der Waals surface area (Å²) in [5.41, 5.74) is -0.591. The van der Waals surface area contributed by atoms with E-state index in [1.54, 1.807) is 6.07 Å². The fourth-order valence-electron chi connectivity index (χ4n) is 2.50. The summed E-state index contributed by atoms with van der Waals surface area (Å²) in [4.78, 5) is 14.7. The Hall–Kier alpha value is -1.46. The van der Waals surface area contributed by atoms with E-state index in [9.17, 15) is 9.18 Å². The maximum Gasteiger partial charge on any atom is 0.185 e. The Labute approximate surface area is 118 Å². The second kappa shape index (κ2) is 5.89. The third-order valence-corrected chi connectivity index (χ3v) is 3.88. The van der Waals surface area contributed by atoms with Gasteiger partial charge in [-0.3, -0.25) is 9.69 Å². The van der Waals surface area contributed by atoms with Gasteiger partial charge in [0.25, 0.3) is 0 Å². The van der Waals surface area contributed by atoms with Gasteiger partial charge in [-0.2, -0.15) is 0 Å². The second-order valence-corrected chi connectivity index (χ2v) is 5.47. The number of Topliss-reactive ketones (excluding diaryl/α,β-unsaturated/α-hetero) is 1. The van der Waals surface area contributed by atoms with E-state index < -0.39 is 11.4 Å². The fraction of sp³-hybridized carbons (Fsp3) is 0.533. The smallest absolute Gasteiger partial charge is 0.185 e. The van der Waals surface area contributed by atoms with Crippen molar-refractivity contribution in [2.24, 2.45) is 0 Å². The first kappa shape index (κ1) is 14.9. The van der Waals surface area contributed by atoms with Gasteiger partial charge < -0.3 is 10.1 Å². The van der Waals surface area contributed by atoms with Crippen molar-refractivity contribution in [1.29, 1.82) is 0 Å². The first-order valence-electron chi connectivity index (χ1n) is 6.81. The van der Waals surface area contributed by atoms with Crippen molar-refractivity contribution in [3.8, 4) is 5.75 Å². The lowest BCUT2D eigenvalue weighted by Crippen LogP contribution is -2.57. The fourth-order valence-corrected chi connectivity index (χ4v) is 2.50. The largest absolute Gasteiger partial charge is 0.497 e. The number of methoxy groups -OCH3 is 1. The summed E-state index contributed by atoms with van der Waals surface area (Å²) in [5, 5.41) is 3.25. The molecule has 1 aliphatic heterocycles. The van der Waals surface area contributed by atoms with E-state index in [2.05, 4.69) is 10.2 Å². The van der Waals surface area contributed by atoms with Crippen molar-refractivity contribution in [2.45, 2.75) is 19.4 Å².